The average Bonchev–Trinajstić information content (AvgIpc) is 3.15. The highest BCUT2D eigenvalue weighted by atomic mass is 16.5. The van der Waals surface area contributed by atoms with Crippen molar-refractivity contribution in [3.05, 3.63) is 53.9 Å². The number of ether oxygens (including phenoxy) is 3. The van der Waals surface area contributed by atoms with E-state index in [1.165, 1.54) is 0 Å². The molecule has 7 nitrogen and oxygen atoms in total. The van der Waals surface area contributed by atoms with E-state index >= 15 is 0 Å². The van der Waals surface area contributed by atoms with Gasteiger partial charge in [0, 0.05) is 30.0 Å². The Hall–Kier alpha value is -3.06. The number of aromatic nitrogens is 1. The maximum Gasteiger partial charge on any atom is 0.273 e. The summed E-state index contributed by atoms with van der Waals surface area (Å²) in [5.41, 5.74) is 0.205. The molecule has 142 valence electrons. The van der Waals surface area contributed by atoms with Crippen molar-refractivity contribution in [1.29, 1.82) is 0 Å². The summed E-state index contributed by atoms with van der Waals surface area (Å²) in [6.45, 7) is 2.43. The monoisotopic (exact) mass is 370 g/mol. The van der Waals surface area contributed by atoms with E-state index in [1.807, 2.05) is 43.3 Å². The largest absolute Gasteiger partial charge is 0.496 e. The lowest BCUT2D eigenvalue weighted by atomic mass is 10.1. The third-order valence-electron chi connectivity index (χ3n) is 4.02. The lowest BCUT2D eigenvalue weighted by Crippen LogP contribution is -2.35. The van der Waals surface area contributed by atoms with Crippen molar-refractivity contribution >= 4 is 16.7 Å². The molecule has 0 saturated carbocycles. The second kappa shape index (κ2) is 8.55. The van der Waals surface area contributed by atoms with Crippen molar-refractivity contribution in [2.24, 2.45) is 0 Å². The fourth-order valence-electron chi connectivity index (χ4n) is 2.77. The van der Waals surface area contributed by atoms with Gasteiger partial charge in [-0.05, 0) is 19.1 Å². The zero-order chi connectivity index (χ0) is 19.2. The van der Waals surface area contributed by atoms with Gasteiger partial charge in [0.05, 0.1) is 13.7 Å². The summed E-state index contributed by atoms with van der Waals surface area (Å²) in [5, 5.41) is 8.48. The smallest absolute Gasteiger partial charge is 0.273 e. The van der Waals surface area contributed by atoms with Crippen LogP contribution >= 0.6 is 0 Å². The van der Waals surface area contributed by atoms with Crippen molar-refractivity contribution in [2.75, 3.05) is 20.8 Å². The summed E-state index contributed by atoms with van der Waals surface area (Å²) in [6.07, 6.45) is 0. The molecule has 7 heteroatoms. The van der Waals surface area contributed by atoms with Crippen LogP contribution in [0.15, 0.2) is 47.0 Å². The lowest BCUT2D eigenvalue weighted by molar-refractivity contribution is 0.0896. The van der Waals surface area contributed by atoms with Gasteiger partial charge in [-0.3, -0.25) is 4.79 Å². The number of benzene rings is 2. The molecule has 0 aliphatic rings. The highest BCUT2D eigenvalue weighted by Gasteiger charge is 2.15. The summed E-state index contributed by atoms with van der Waals surface area (Å²) in [7, 11) is 3.22. The van der Waals surface area contributed by atoms with Crippen molar-refractivity contribution in [3.63, 3.8) is 0 Å². The van der Waals surface area contributed by atoms with Crippen molar-refractivity contribution < 1.29 is 23.5 Å². The first-order valence-corrected chi connectivity index (χ1v) is 8.56. The number of methoxy groups -OCH3 is 2. The molecule has 0 bridgehead atoms. The van der Waals surface area contributed by atoms with Crippen LogP contribution in [0.5, 0.6) is 11.5 Å². The van der Waals surface area contributed by atoms with Crippen LogP contribution in [0.25, 0.3) is 10.8 Å². The van der Waals surface area contributed by atoms with Crippen molar-refractivity contribution in [1.82, 2.24) is 10.5 Å². The molecule has 0 aliphatic carbocycles. The van der Waals surface area contributed by atoms with Gasteiger partial charge in [-0.2, -0.15) is 0 Å². The van der Waals surface area contributed by atoms with Gasteiger partial charge in [-0.1, -0.05) is 29.4 Å². The van der Waals surface area contributed by atoms with Gasteiger partial charge in [-0.25, -0.2) is 0 Å². The van der Waals surface area contributed by atoms with Gasteiger partial charge in [-0.15, -0.1) is 0 Å². The van der Waals surface area contributed by atoms with E-state index in [2.05, 4.69) is 10.5 Å². The summed E-state index contributed by atoms with van der Waals surface area (Å²) >= 11 is 0. The second-order valence-electron chi connectivity index (χ2n) is 6.11. The molecule has 1 aromatic heterocycles. The molecule has 0 spiro atoms. The first-order chi connectivity index (χ1) is 13.1. The summed E-state index contributed by atoms with van der Waals surface area (Å²) in [4.78, 5) is 12.1. The maximum absolute atomic E-state index is 12.1. The van der Waals surface area contributed by atoms with E-state index in [1.54, 1.807) is 20.3 Å². The van der Waals surface area contributed by atoms with E-state index in [9.17, 15) is 4.79 Å². The van der Waals surface area contributed by atoms with Crippen LogP contribution in [0, 0.1) is 0 Å². The molecule has 0 fully saturated rings. The average molecular weight is 370 g/mol. The Morgan fingerprint density at radius 2 is 1.85 bits per heavy atom. The fourth-order valence-corrected chi connectivity index (χ4v) is 2.77. The number of carbonyl (C=O) groups excluding carboxylic acids is 1. The molecule has 1 unspecified atom stereocenters. The quantitative estimate of drug-likeness (QED) is 0.656. The molecule has 3 rings (SSSR count). The maximum atomic E-state index is 12.1. The normalized spacial score (nSPS) is 12.0. The molecular formula is C20H22N2O5. The molecular weight excluding hydrogens is 348 g/mol. The zero-order valence-electron chi connectivity index (χ0n) is 15.5. The zero-order valence-corrected chi connectivity index (χ0v) is 15.5. The predicted octanol–water partition coefficient (Wildman–Crippen LogP) is 3.18. The van der Waals surface area contributed by atoms with Crippen molar-refractivity contribution in [3.8, 4) is 11.5 Å². The molecule has 1 atom stereocenters. The third kappa shape index (κ3) is 4.38. The highest BCUT2D eigenvalue weighted by molar-refractivity contribution is 5.93. The Kier molecular flexibility index (Phi) is 5.93. The molecule has 1 N–H and O–H groups in total. The molecule has 2 aromatic carbocycles. The number of carbonyl (C=O) groups is 1. The predicted molar refractivity (Wildman–Crippen MR) is 100 cm³/mol. The molecule has 0 aliphatic heterocycles. The van der Waals surface area contributed by atoms with Crippen LogP contribution in [0.4, 0.5) is 0 Å². The van der Waals surface area contributed by atoms with E-state index in [0.29, 0.717) is 18.1 Å². The molecule has 27 heavy (non-hydrogen) atoms. The van der Waals surface area contributed by atoms with E-state index in [-0.39, 0.29) is 24.2 Å². The first-order valence-electron chi connectivity index (χ1n) is 8.56. The lowest BCUT2D eigenvalue weighted by Gasteiger charge is -2.11. The number of nitrogens with zero attached hydrogens (tertiary/aromatic N) is 1. The molecule has 3 aromatic rings. The van der Waals surface area contributed by atoms with Crippen LogP contribution in [0.2, 0.25) is 0 Å². The number of hydrogen-bond donors (Lipinski definition) is 1. The minimum atomic E-state index is -0.315. The minimum absolute atomic E-state index is 0.121. The SMILES string of the molecule is COCC(C)NC(=O)c1cc(COc2ccc(OC)c3ccccc23)on1. The Morgan fingerprint density at radius 3 is 2.56 bits per heavy atom. The van der Waals surface area contributed by atoms with Crippen LogP contribution in [-0.2, 0) is 11.3 Å². The number of nitrogens with one attached hydrogen (secondary N) is 1. The Labute approximate surface area is 157 Å². The standard InChI is InChI=1S/C20H22N2O5/c1-13(11-24-2)21-20(23)17-10-14(27-22-17)12-26-19-9-8-18(25-3)15-6-4-5-7-16(15)19/h4-10,13H,11-12H2,1-3H3,(H,21,23). The summed E-state index contributed by atoms with van der Waals surface area (Å²) in [5.74, 6) is 1.62. The number of fused-ring (bicyclic) bond motifs is 1. The van der Waals surface area contributed by atoms with Gasteiger partial charge in [0.25, 0.3) is 5.91 Å². The number of amides is 1. The Bertz CT molecular complexity index is 922. The molecule has 1 amide bonds. The number of rotatable bonds is 8. The van der Waals surface area contributed by atoms with Gasteiger partial charge >= 0.3 is 0 Å². The Balaban J connectivity index is 1.69. The van der Waals surface area contributed by atoms with Gasteiger partial charge in [0.15, 0.2) is 11.5 Å². The number of hydrogen-bond acceptors (Lipinski definition) is 6. The molecule has 1 heterocycles. The van der Waals surface area contributed by atoms with Gasteiger partial charge in [0.1, 0.15) is 18.1 Å². The van der Waals surface area contributed by atoms with E-state index < -0.39 is 0 Å². The summed E-state index contributed by atoms with van der Waals surface area (Å²) < 4.78 is 21.5. The first kappa shape index (κ1) is 18.7. The van der Waals surface area contributed by atoms with E-state index in [4.69, 9.17) is 18.7 Å². The van der Waals surface area contributed by atoms with Crippen molar-refractivity contribution in [2.45, 2.75) is 19.6 Å². The van der Waals surface area contributed by atoms with Gasteiger partial charge in [0.2, 0.25) is 0 Å². The van der Waals surface area contributed by atoms with Gasteiger partial charge < -0.3 is 24.1 Å². The van der Waals surface area contributed by atoms with Crippen LogP contribution in [0.3, 0.4) is 0 Å². The second-order valence-corrected chi connectivity index (χ2v) is 6.11. The van der Waals surface area contributed by atoms with Crippen LogP contribution in [-0.4, -0.2) is 37.9 Å². The third-order valence-corrected chi connectivity index (χ3v) is 4.02. The molecule has 0 saturated heterocycles. The minimum Gasteiger partial charge on any atom is -0.496 e. The summed E-state index contributed by atoms with van der Waals surface area (Å²) in [6, 6.07) is 13.0. The fraction of sp³-hybridized carbons (Fsp3) is 0.300. The van der Waals surface area contributed by atoms with E-state index in [0.717, 1.165) is 16.5 Å². The van der Waals surface area contributed by atoms with Crippen LogP contribution in [0.1, 0.15) is 23.2 Å². The Morgan fingerprint density at radius 1 is 1.15 bits per heavy atom. The molecule has 0 radical (unpaired) electrons. The van der Waals surface area contributed by atoms with Crippen LogP contribution < -0.4 is 14.8 Å². The topological polar surface area (TPSA) is 82.8 Å². The highest BCUT2D eigenvalue weighted by Crippen LogP contribution is 2.33.